The molecule has 0 spiro atoms. The van der Waals surface area contributed by atoms with Gasteiger partial charge in [-0.25, -0.2) is 4.79 Å². The standard InChI is InChI=1S/C20H22ClNO4/c1-11-8-12(2)18(13(3)9-11)20(24)26-14(4)19(23)22-16-10-15(21)6-7-17(16)25-5/h6-10,14H,1-5H3,(H,22,23)/t14-/m1/s1. The van der Waals surface area contributed by atoms with E-state index >= 15 is 0 Å². The van der Waals surface area contributed by atoms with Crippen LogP contribution >= 0.6 is 11.6 Å². The van der Waals surface area contributed by atoms with Crippen molar-refractivity contribution in [3.63, 3.8) is 0 Å². The van der Waals surface area contributed by atoms with Gasteiger partial charge in [0.05, 0.1) is 18.4 Å². The van der Waals surface area contributed by atoms with Gasteiger partial charge < -0.3 is 14.8 Å². The number of hydrogen-bond donors (Lipinski definition) is 1. The molecular formula is C20H22ClNO4. The van der Waals surface area contributed by atoms with E-state index in [0.29, 0.717) is 22.0 Å². The molecule has 0 aliphatic heterocycles. The summed E-state index contributed by atoms with van der Waals surface area (Å²) in [5, 5.41) is 3.13. The Morgan fingerprint density at radius 3 is 2.27 bits per heavy atom. The molecule has 138 valence electrons. The van der Waals surface area contributed by atoms with E-state index in [2.05, 4.69) is 5.32 Å². The molecule has 0 saturated heterocycles. The number of benzene rings is 2. The largest absolute Gasteiger partial charge is 0.495 e. The fourth-order valence-corrected chi connectivity index (χ4v) is 2.96. The third-order valence-corrected chi connectivity index (χ3v) is 4.19. The molecule has 2 rings (SSSR count). The quantitative estimate of drug-likeness (QED) is 0.784. The third-order valence-electron chi connectivity index (χ3n) is 3.95. The van der Waals surface area contributed by atoms with Gasteiger partial charge in [-0.1, -0.05) is 29.3 Å². The lowest BCUT2D eigenvalue weighted by Crippen LogP contribution is -2.30. The summed E-state index contributed by atoms with van der Waals surface area (Å²) in [6, 6.07) is 8.69. The maximum Gasteiger partial charge on any atom is 0.339 e. The van der Waals surface area contributed by atoms with Crippen LogP contribution in [0.25, 0.3) is 0 Å². The summed E-state index contributed by atoms with van der Waals surface area (Å²) in [6.45, 7) is 7.17. The van der Waals surface area contributed by atoms with Gasteiger partial charge in [0.1, 0.15) is 5.75 Å². The second-order valence-corrected chi connectivity index (χ2v) is 6.59. The molecule has 2 aromatic rings. The monoisotopic (exact) mass is 375 g/mol. The summed E-state index contributed by atoms with van der Waals surface area (Å²) in [7, 11) is 1.49. The highest BCUT2D eigenvalue weighted by Gasteiger charge is 2.22. The normalized spacial score (nSPS) is 11.6. The van der Waals surface area contributed by atoms with Crippen LogP contribution < -0.4 is 10.1 Å². The van der Waals surface area contributed by atoms with Crippen molar-refractivity contribution < 1.29 is 19.1 Å². The van der Waals surface area contributed by atoms with Gasteiger partial charge in [-0.05, 0) is 57.0 Å². The molecule has 2 aromatic carbocycles. The zero-order chi connectivity index (χ0) is 19.4. The Bertz CT molecular complexity index is 825. The zero-order valence-electron chi connectivity index (χ0n) is 15.5. The Kier molecular flexibility index (Phi) is 6.27. The molecule has 0 aliphatic rings. The number of carbonyl (C=O) groups excluding carboxylic acids is 2. The molecule has 1 N–H and O–H groups in total. The Morgan fingerprint density at radius 2 is 1.69 bits per heavy atom. The van der Waals surface area contributed by atoms with Crippen LogP contribution in [0.15, 0.2) is 30.3 Å². The van der Waals surface area contributed by atoms with Gasteiger partial charge in [0.15, 0.2) is 6.10 Å². The Balaban J connectivity index is 2.13. The lowest BCUT2D eigenvalue weighted by Gasteiger charge is -2.17. The maximum absolute atomic E-state index is 12.5. The van der Waals surface area contributed by atoms with Crippen LogP contribution in [0.1, 0.15) is 34.0 Å². The van der Waals surface area contributed by atoms with E-state index in [1.165, 1.54) is 14.0 Å². The summed E-state index contributed by atoms with van der Waals surface area (Å²) in [5.41, 5.74) is 3.59. The minimum absolute atomic E-state index is 0.413. The minimum Gasteiger partial charge on any atom is -0.495 e. The highest BCUT2D eigenvalue weighted by molar-refractivity contribution is 6.31. The van der Waals surface area contributed by atoms with Crippen molar-refractivity contribution in [2.75, 3.05) is 12.4 Å². The second-order valence-electron chi connectivity index (χ2n) is 6.16. The number of anilines is 1. The predicted octanol–water partition coefficient (Wildman–Crippen LogP) is 4.46. The molecule has 0 fully saturated rings. The van der Waals surface area contributed by atoms with Crippen molar-refractivity contribution in [2.24, 2.45) is 0 Å². The van der Waals surface area contributed by atoms with Crippen molar-refractivity contribution in [3.05, 3.63) is 57.6 Å². The van der Waals surface area contributed by atoms with Crippen LogP contribution in [0, 0.1) is 20.8 Å². The molecule has 26 heavy (non-hydrogen) atoms. The first-order valence-electron chi connectivity index (χ1n) is 8.16. The number of ether oxygens (including phenoxy) is 2. The van der Waals surface area contributed by atoms with Gasteiger partial charge in [0.2, 0.25) is 0 Å². The fourth-order valence-electron chi connectivity index (χ4n) is 2.79. The van der Waals surface area contributed by atoms with Gasteiger partial charge in [0.25, 0.3) is 5.91 Å². The van der Waals surface area contributed by atoms with E-state index in [-0.39, 0.29) is 0 Å². The molecule has 0 heterocycles. The van der Waals surface area contributed by atoms with Crippen LogP contribution in [0.3, 0.4) is 0 Å². The van der Waals surface area contributed by atoms with Crippen molar-refractivity contribution >= 4 is 29.2 Å². The van der Waals surface area contributed by atoms with Crippen molar-refractivity contribution in [1.82, 2.24) is 0 Å². The average molecular weight is 376 g/mol. The van der Waals surface area contributed by atoms with E-state index in [4.69, 9.17) is 21.1 Å². The number of nitrogens with one attached hydrogen (secondary N) is 1. The molecule has 0 unspecified atom stereocenters. The number of rotatable bonds is 5. The fraction of sp³-hybridized carbons (Fsp3) is 0.300. The summed E-state index contributed by atoms with van der Waals surface area (Å²) < 4.78 is 10.5. The van der Waals surface area contributed by atoms with Crippen molar-refractivity contribution in [2.45, 2.75) is 33.8 Å². The van der Waals surface area contributed by atoms with Gasteiger partial charge in [-0.15, -0.1) is 0 Å². The molecule has 1 atom stereocenters. The number of methoxy groups -OCH3 is 1. The van der Waals surface area contributed by atoms with Crippen molar-refractivity contribution in [3.8, 4) is 5.75 Å². The molecule has 6 heteroatoms. The van der Waals surface area contributed by atoms with Gasteiger partial charge in [0, 0.05) is 5.02 Å². The highest BCUT2D eigenvalue weighted by Crippen LogP contribution is 2.28. The lowest BCUT2D eigenvalue weighted by atomic mass is 10.00. The van der Waals surface area contributed by atoms with E-state index < -0.39 is 18.0 Å². The van der Waals surface area contributed by atoms with E-state index in [9.17, 15) is 9.59 Å². The van der Waals surface area contributed by atoms with Gasteiger partial charge in [-0.3, -0.25) is 4.79 Å². The summed E-state index contributed by atoms with van der Waals surface area (Å²) >= 11 is 5.96. The second kappa shape index (κ2) is 8.23. The average Bonchev–Trinajstić information content (AvgIpc) is 2.53. The molecule has 5 nitrogen and oxygen atoms in total. The SMILES string of the molecule is COc1ccc(Cl)cc1NC(=O)[C@@H](C)OC(=O)c1c(C)cc(C)cc1C. The van der Waals surface area contributed by atoms with Crippen molar-refractivity contribution in [1.29, 1.82) is 0 Å². The summed E-state index contributed by atoms with van der Waals surface area (Å²) in [5.74, 6) is -0.534. The molecule has 0 aliphatic carbocycles. The first-order chi connectivity index (χ1) is 12.2. The predicted molar refractivity (Wildman–Crippen MR) is 102 cm³/mol. The van der Waals surface area contributed by atoms with Gasteiger partial charge in [-0.2, -0.15) is 0 Å². The summed E-state index contributed by atoms with van der Waals surface area (Å²) in [6.07, 6.45) is -0.980. The Labute approximate surface area is 158 Å². The maximum atomic E-state index is 12.5. The van der Waals surface area contributed by atoms with Gasteiger partial charge >= 0.3 is 5.97 Å². The molecule has 0 saturated carbocycles. The number of halogens is 1. The van der Waals surface area contributed by atoms with Crippen LogP contribution in [-0.4, -0.2) is 25.1 Å². The van der Waals surface area contributed by atoms with Crippen LogP contribution in [0.4, 0.5) is 5.69 Å². The molecule has 0 aromatic heterocycles. The third kappa shape index (κ3) is 4.55. The first kappa shape index (κ1) is 19.8. The molecular weight excluding hydrogens is 354 g/mol. The first-order valence-corrected chi connectivity index (χ1v) is 8.54. The van der Waals surface area contributed by atoms with E-state index in [1.807, 2.05) is 32.9 Å². The topological polar surface area (TPSA) is 64.6 Å². The van der Waals surface area contributed by atoms with E-state index in [1.54, 1.807) is 18.2 Å². The number of aryl methyl sites for hydroxylation is 3. The molecule has 0 bridgehead atoms. The number of esters is 1. The number of hydrogen-bond acceptors (Lipinski definition) is 4. The van der Waals surface area contributed by atoms with E-state index in [0.717, 1.165) is 16.7 Å². The number of amides is 1. The summed E-state index contributed by atoms with van der Waals surface area (Å²) in [4.78, 5) is 24.9. The number of carbonyl (C=O) groups is 2. The van der Waals surface area contributed by atoms with Crippen LogP contribution in [-0.2, 0) is 9.53 Å². The van der Waals surface area contributed by atoms with Crippen LogP contribution in [0.5, 0.6) is 5.75 Å². The minimum atomic E-state index is -0.980. The Hall–Kier alpha value is -2.53. The smallest absolute Gasteiger partial charge is 0.339 e. The molecule has 0 radical (unpaired) electrons. The zero-order valence-corrected chi connectivity index (χ0v) is 16.2. The lowest BCUT2D eigenvalue weighted by molar-refractivity contribution is -0.123. The molecule has 1 amide bonds. The Morgan fingerprint density at radius 1 is 1.08 bits per heavy atom. The van der Waals surface area contributed by atoms with Crippen LogP contribution in [0.2, 0.25) is 5.02 Å². The highest BCUT2D eigenvalue weighted by atomic mass is 35.5.